The molecule has 1 atom stereocenters. The van der Waals surface area contributed by atoms with E-state index in [0.29, 0.717) is 18.0 Å². The minimum absolute atomic E-state index is 0.124. The summed E-state index contributed by atoms with van der Waals surface area (Å²) in [7, 11) is 0. The zero-order valence-corrected chi connectivity index (χ0v) is 9.21. The number of anilines is 1. The lowest BCUT2D eigenvalue weighted by molar-refractivity contribution is -0.117. The second kappa shape index (κ2) is 4.52. The molecule has 0 saturated carbocycles. The van der Waals surface area contributed by atoms with E-state index in [4.69, 9.17) is 16.9 Å². The molecule has 0 aromatic heterocycles. The number of halogens is 1. The van der Waals surface area contributed by atoms with Gasteiger partial charge in [-0.05, 0) is 12.1 Å². The van der Waals surface area contributed by atoms with Crippen molar-refractivity contribution in [3.05, 3.63) is 28.8 Å². The Bertz CT molecular complexity index is 467. The lowest BCUT2D eigenvalue weighted by atomic mass is 10.1. The lowest BCUT2D eigenvalue weighted by Gasteiger charge is -2.10. The standard InChI is InChI=1S/C11H10ClN3O/c12-7-3-1-4-8-9(7)10(11(16)15-8)14-6-2-5-13/h1,3-4,10,14H,2,6H2,(H,15,16). The number of carbonyl (C=O) groups excluding carboxylic acids is 1. The first kappa shape index (κ1) is 10.9. The molecule has 1 aromatic rings. The van der Waals surface area contributed by atoms with E-state index in [1.165, 1.54) is 0 Å². The Morgan fingerprint density at radius 1 is 1.56 bits per heavy atom. The van der Waals surface area contributed by atoms with Gasteiger partial charge in [-0.25, -0.2) is 0 Å². The number of rotatable bonds is 3. The van der Waals surface area contributed by atoms with Crippen molar-refractivity contribution in [3.8, 4) is 6.07 Å². The van der Waals surface area contributed by atoms with Crippen LogP contribution in [0.1, 0.15) is 18.0 Å². The van der Waals surface area contributed by atoms with Crippen LogP contribution in [-0.2, 0) is 4.79 Å². The number of carbonyl (C=O) groups is 1. The molecule has 16 heavy (non-hydrogen) atoms. The molecule has 0 aliphatic carbocycles. The van der Waals surface area contributed by atoms with Gasteiger partial charge in [0.2, 0.25) is 5.91 Å². The van der Waals surface area contributed by atoms with Crippen LogP contribution < -0.4 is 10.6 Å². The third-order valence-electron chi connectivity index (χ3n) is 2.45. The normalized spacial score (nSPS) is 17.8. The van der Waals surface area contributed by atoms with E-state index >= 15 is 0 Å². The van der Waals surface area contributed by atoms with E-state index in [9.17, 15) is 4.79 Å². The predicted molar refractivity (Wildman–Crippen MR) is 61.1 cm³/mol. The summed E-state index contributed by atoms with van der Waals surface area (Å²) in [5, 5.41) is 14.8. The molecule has 2 rings (SSSR count). The van der Waals surface area contributed by atoms with E-state index in [-0.39, 0.29) is 5.91 Å². The van der Waals surface area contributed by atoms with Gasteiger partial charge >= 0.3 is 0 Å². The molecular weight excluding hydrogens is 226 g/mol. The number of benzene rings is 1. The summed E-state index contributed by atoms with van der Waals surface area (Å²) >= 11 is 6.05. The highest BCUT2D eigenvalue weighted by atomic mass is 35.5. The summed E-state index contributed by atoms with van der Waals surface area (Å²) in [6, 6.07) is 6.92. The molecule has 1 unspecified atom stereocenters. The highest BCUT2D eigenvalue weighted by Crippen LogP contribution is 2.35. The van der Waals surface area contributed by atoms with Crippen molar-refractivity contribution in [2.75, 3.05) is 11.9 Å². The molecule has 0 saturated heterocycles. The molecular formula is C11H10ClN3O. The quantitative estimate of drug-likeness (QED) is 0.786. The van der Waals surface area contributed by atoms with Crippen LogP contribution in [0.2, 0.25) is 5.02 Å². The molecule has 0 fully saturated rings. The van der Waals surface area contributed by atoms with Gasteiger partial charge < -0.3 is 10.6 Å². The average Bonchev–Trinajstić information content (AvgIpc) is 2.57. The SMILES string of the molecule is N#CCCNC1C(=O)Nc2cccc(Cl)c21. The van der Waals surface area contributed by atoms with Crippen LogP contribution in [0.5, 0.6) is 0 Å². The van der Waals surface area contributed by atoms with Crippen molar-refractivity contribution in [1.82, 2.24) is 5.32 Å². The fraction of sp³-hybridized carbons (Fsp3) is 0.273. The number of fused-ring (bicyclic) bond motifs is 1. The summed E-state index contributed by atoms with van der Waals surface area (Å²) in [5.74, 6) is -0.124. The smallest absolute Gasteiger partial charge is 0.246 e. The monoisotopic (exact) mass is 235 g/mol. The van der Waals surface area contributed by atoms with Crippen LogP contribution in [0.4, 0.5) is 5.69 Å². The topological polar surface area (TPSA) is 64.9 Å². The van der Waals surface area contributed by atoms with Crippen LogP contribution >= 0.6 is 11.6 Å². The molecule has 1 heterocycles. The Hall–Kier alpha value is -1.57. The molecule has 82 valence electrons. The van der Waals surface area contributed by atoms with E-state index in [1.807, 2.05) is 12.1 Å². The van der Waals surface area contributed by atoms with Crippen LogP contribution in [0.3, 0.4) is 0 Å². The molecule has 1 aliphatic heterocycles. The highest BCUT2D eigenvalue weighted by molar-refractivity contribution is 6.32. The molecule has 0 radical (unpaired) electrons. The van der Waals surface area contributed by atoms with Gasteiger partial charge in [0.25, 0.3) is 0 Å². The van der Waals surface area contributed by atoms with E-state index in [1.54, 1.807) is 12.1 Å². The first-order valence-electron chi connectivity index (χ1n) is 4.93. The average molecular weight is 236 g/mol. The first-order valence-corrected chi connectivity index (χ1v) is 5.31. The second-order valence-electron chi connectivity index (χ2n) is 3.49. The van der Waals surface area contributed by atoms with Gasteiger partial charge in [-0.3, -0.25) is 4.79 Å². The Morgan fingerprint density at radius 3 is 3.12 bits per heavy atom. The third kappa shape index (κ3) is 1.87. The predicted octanol–water partition coefficient (Wildman–Crippen LogP) is 1.84. The van der Waals surface area contributed by atoms with E-state index in [2.05, 4.69) is 10.6 Å². The van der Waals surface area contributed by atoms with Crippen molar-refractivity contribution >= 4 is 23.2 Å². The summed E-state index contributed by atoms with van der Waals surface area (Å²) in [5.41, 5.74) is 1.51. The molecule has 5 heteroatoms. The molecule has 0 bridgehead atoms. The maximum absolute atomic E-state index is 11.7. The van der Waals surface area contributed by atoms with E-state index < -0.39 is 6.04 Å². The summed E-state index contributed by atoms with van der Waals surface area (Å²) in [6.45, 7) is 0.471. The zero-order chi connectivity index (χ0) is 11.5. The summed E-state index contributed by atoms with van der Waals surface area (Å²) < 4.78 is 0. The van der Waals surface area contributed by atoms with Crippen LogP contribution in [0.25, 0.3) is 0 Å². The number of hydrogen-bond donors (Lipinski definition) is 2. The number of nitrogens with zero attached hydrogens (tertiary/aromatic N) is 1. The van der Waals surface area contributed by atoms with Crippen molar-refractivity contribution in [2.45, 2.75) is 12.5 Å². The fourth-order valence-electron chi connectivity index (χ4n) is 1.74. The Morgan fingerprint density at radius 2 is 2.38 bits per heavy atom. The second-order valence-corrected chi connectivity index (χ2v) is 3.89. The van der Waals surface area contributed by atoms with Crippen LogP contribution in [0.15, 0.2) is 18.2 Å². The molecule has 4 nitrogen and oxygen atoms in total. The summed E-state index contributed by atoms with van der Waals surface area (Å²) in [6.07, 6.45) is 0.365. The largest absolute Gasteiger partial charge is 0.324 e. The minimum atomic E-state index is -0.447. The molecule has 0 spiro atoms. The maximum atomic E-state index is 11.7. The summed E-state index contributed by atoms with van der Waals surface area (Å²) in [4.78, 5) is 11.7. The van der Waals surface area contributed by atoms with Crippen molar-refractivity contribution in [3.63, 3.8) is 0 Å². The molecule has 2 N–H and O–H groups in total. The van der Waals surface area contributed by atoms with Gasteiger partial charge in [-0.2, -0.15) is 5.26 Å². The maximum Gasteiger partial charge on any atom is 0.246 e. The minimum Gasteiger partial charge on any atom is -0.324 e. The van der Waals surface area contributed by atoms with Gasteiger partial charge in [0.15, 0.2) is 0 Å². The van der Waals surface area contributed by atoms with Crippen molar-refractivity contribution in [2.24, 2.45) is 0 Å². The fourth-order valence-corrected chi connectivity index (χ4v) is 2.03. The Balaban J connectivity index is 2.22. The molecule has 1 amide bonds. The molecule has 1 aromatic carbocycles. The van der Waals surface area contributed by atoms with Crippen LogP contribution in [-0.4, -0.2) is 12.5 Å². The van der Waals surface area contributed by atoms with Crippen LogP contribution in [0, 0.1) is 11.3 Å². The first-order chi connectivity index (χ1) is 7.74. The number of nitrogens with one attached hydrogen (secondary N) is 2. The van der Waals surface area contributed by atoms with Crippen molar-refractivity contribution in [1.29, 1.82) is 5.26 Å². The van der Waals surface area contributed by atoms with Gasteiger partial charge in [0.05, 0.1) is 6.07 Å². The number of nitriles is 1. The Labute approximate surface area is 98.2 Å². The van der Waals surface area contributed by atoms with Crippen molar-refractivity contribution < 1.29 is 4.79 Å². The van der Waals surface area contributed by atoms with Gasteiger partial charge in [0, 0.05) is 29.2 Å². The third-order valence-corrected chi connectivity index (χ3v) is 2.78. The molecule has 1 aliphatic rings. The van der Waals surface area contributed by atoms with Gasteiger partial charge in [-0.1, -0.05) is 17.7 Å². The van der Waals surface area contributed by atoms with Gasteiger partial charge in [0.1, 0.15) is 6.04 Å². The lowest BCUT2D eigenvalue weighted by Crippen LogP contribution is -2.28. The zero-order valence-electron chi connectivity index (χ0n) is 8.46. The number of amides is 1. The van der Waals surface area contributed by atoms with E-state index in [0.717, 1.165) is 11.3 Å². The van der Waals surface area contributed by atoms with Gasteiger partial charge in [-0.15, -0.1) is 0 Å². The highest BCUT2D eigenvalue weighted by Gasteiger charge is 2.31. The Kier molecular flexibility index (Phi) is 3.09. The number of hydrogen-bond acceptors (Lipinski definition) is 3.